The van der Waals surface area contributed by atoms with Gasteiger partial charge in [-0.1, -0.05) is 56.8 Å². The summed E-state index contributed by atoms with van der Waals surface area (Å²) < 4.78 is 0.205. The lowest BCUT2D eigenvalue weighted by Gasteiger charge is -2.17. The Hall–Kier alpha value is -1.02. The molecule has 0 unspecified atom stereocenters. The molecule has 0 amide bonds. The van der Waals surface area contributed by atoms with E-state index in [1.54, 1.807) is 0 Å². The quantitative estimate of drug-likeness (QED) is 0.666. The molecule has 0 aliphatic rings. The van der Waals surface area contributed by atoms with E-state index in [2.05, 4.69) is 56.1 Å². The van der Waals surface area contributed by atoms with Crippen molar-refractivity contribution in [2.24, 2.45) is 0 Å². The molecule has 1 aromatic heterocycles. The fourth-order valence-electron chi connectivity index (χ4n) is 1.46. The van der Waals surface area contributed by atoms with Crippen LogP contribution in [-0.2, 0) is 0 Å². The summed E-state index contributed by atoms with van der Waals surface area (Å²) >= 11 is 1.82. The SMILES string of the molecule is CC(C)(C)Sc1nccc2ccccc12. The highest BCUT2D eigenvalue weighted by Gasteiger charge is 2.14. The van der Waals surface area contributed by atoms with E-state index in [0.717, 1.165) is 5.03 Å². The van der Waals surface area contributed by atoms with Crippen molar-refractivity contribution >= 4 is 22.5 Å². The first-order valence-electron chi connectivity index (χ1n) is 5.09. The summed E-state index contributed by atoms with van der Waals surface area (Å²) in [6.45, 7) is 6.63. The van der Waals surface area contributed by atoms with Crippen molar-refractivity contribution in [3.8, 4) is 0 Å². The molecule has 78 valence electrons. The molecule has 2 heteroatoms. The van der Waals surface area contributed by atoms with E-state index in [1.165, 1.54) is 10.8 Å². The fraction of sp³-hybridized carbons (Fsp3) is 0.308. The normalized spacial score (nSPS) is 11.9. The third-order valence-electron chi connectivity index (χ3n) is 2.04. The Bertz CT molecular complexity index is 466. The summed E-state index contributed by atoms with van der Waals surface area (Å²) in [6, 6.07) is 10.5. The van der Waals surface area contributed by atoms with Crippen molar-refractivity contribution in [3.05, 3.63) is 36.5 Å². The minimum absolute atomic E-state index is 0.205. The minimum Gasteiger partial charge on any atom is -0.249 e. The van der Waals surface area contributed by atoms with Crippen molar-refractivity contribution in [1.29, 1.82) is 0 Å². The Labute approximate surface area is 94.9 Å². The molecule has 1 heterocycles. The summed E-state index contributed by atoms with van der Waals surface area (Å²) in [5, 5.41) is 3.64. The number of pyridine rings is 1. The molecule has 2 rings (SSSR count). The molecule has 0 fully saturated rings. The van der Waals surface area contributed by atoms with Crippen LogP contribution in [0.4, 0.5) is 0 Å². The van der Waals surface area contributed by atoms with Gasteiger partial charge in [-0.25, -0.2) is 4.98 Å². The highest BCUT2D eigenvalue weighted by molar-refractivity contribution is 8.00. The highest BCUT2D eigenvalue weighted by Crippen LogP contribution is 2.34. The Kier molecular flexibility index (Phi) is 2.70. The fourth-order valence-corrected chi connectivity index (χ4v) is 2.45. The van der Waals surface area contributed by atoms with E-state index in [1.807, 2.05) is 18.0 Å². The van der Waals surface area contributed by atoms with Gasteiger partial charge >= 0.3 is 0 Å². The summed E-state index contributed by atoms with van der Waals surface area (Å²) in [5.74, 6) is 0. The van der Waals surface area contributed by atoms with Gasteiger partial charge in [-0.05, 0) is 11.5 Å². The van der Waals surface area contributed by atoms with Crippen LogP contribution in [0, 0.1) is 0 Å². The van der Waals surface area contributed by atoms with Crippen LogP contribution in [0.15, 0.2) is 41.6 Å². The Morgan fingerprint density at radius 1 is 1.07 bits per heavy atom. The first kappa shape index (κ1) is 10.5. The molecule has 1 aromatic carbocycles. The zero-order chi connectivity index (χ0) is 10.9. The maximum atomic E-state index is 4.46. The number of fused-ring (bicyclic) bond motifs is 1. The summed E-state index contributed by atoms with van der Waals surface area (Å²) in [6.07, 6.45) is 1.89. The molecule has 0 radical (unpaired) electrons. The third-order valence-corrected chi connectivity index (χ3v) is 3.17. The highest BCUT2D eigenvalue weighted by atomic mass is 32.2. The molecule has 1 nitrogen and oxygen atoms in total. The third kappa shape index (κ3) is 2.51. The average Bonchev–Trinajstić information content (AvgIpc) is 2.16. The smallest absolute Gasteiger partial charge is 0.104 e. The average molecular weight is 217 g/mol. The zero-order valence-electron chi connectivity index (χ0n) is 9.32. The lowest BCUT2D eigenvalue weighted by molar-refractivity contribution is 0.800. The van der Waals surface area contributed by atoms with E-state index in [4.69, 9.17) is 0 Å². The largest absolute Gasteiger partial charge is 0.249 e. The van der Waals surface area contributed by atoms with Gasteiger partial charge < -0.3 is 0 Å². The second-order valence-electron chi connectivity index (χ2n) is 4.55. The van der Waals surface area contributed by atoms with Crippen LogP contribution in [0.3, 0.4) is 0 Å². The van der Waals surface area contributed by atoms with Crippen LogP contribution in [0.5, 0.6) is 0 Å². The van der Waals surface area contributed by atoms with Crippen molar-refractivity contribution in [2.45, 2.75) is 30.5 Å². The maximum absolute atomic E-state index is 4.46. The lowest BCUT2D eigenvalue weighted by Crippen LogP contribution is -2.07. The minimum atomic E-state index is 0.205. The van der Waals surface area contributed by atoms with E-state index < -0.39 is 0 Å². The number of thioether (sulfide) groups is 1. The number of hydrogen-bond donors (Lipinski definition) is 0. The van der Waals surface area contributed by atoms with Gasteiger partial charge in [0.25, 0.3) is 0 Å². The number of hydrogen-bond acceptors (Lipinski definition) is 2. The van der Waals surface area contributed by atoms with Gasteiger partial charge in [-0.15, -0.1) is 0 Å². The number of aromatic nitrogens is 1. The molecule has 15 heavy (non-hydrogen) atoms. The van der Waals surface area contributed by atoms with Crippen LogP contribution in [0.2, 0.25) is 0 Å². The molecule has 0 N–H and O–H groups in total. The Morgan fingerprint density at radius 3 is 2.53 bits per heavy atom. The van der Waals surface area contributed by atoms with Crippen molar-refractivity contribution in [3.63, 3.8) is 0 Å². The molecule has 0 aliphatic carbocycles. The van der Waals surface area contributed by atoms with Crippen molar-refractivity contribution < 1.29 is 0 Å². The first-order chi connectivity index (χ1) is 7.06. The molecule has 2 aromatic rings. The van der Waals surface area contributed by atoms with Gasteiger partial charge in [-0.3, -0.25) is 0 Å². The van der Waals surface area contributed by atoms with Gasteiger partial charge in [-0.2, -0.15) is 0 Å². The van der Waals surface area contributed by atoms with Gasteiger partial charge in [0, 0.05) is 16.3 Å². The Morgan fingerprint density at radius 2 is 1.80 bits per heavy atom. The molecule has 0 atom stereocenters. The van der Waals surface area contributed by atoms with Crippen LogP contribution >= 0.6 is 11.8 Å². The predicted octanol–water partition coefficient (Wildman–Crippen LogP) is 4.13. The zero-order valence-corrected chi connectivity index (χ0v) is 10.1. The maximum Gasteiger partial charge on any atom is 0.104 e. The topological polar surface area (TPSA) is 12.9 Å². The van der Waals surface area contributed by atoms with Crippen LogP contribution in [-0.4, -0.2) is 9.73 Å². The van der Waals surface area contributed by atoms with Gasteiger partial charge in [0.2, 0.25) is 0 Å². The number of rotatable bonds is 1. The van der Waals surface area contributed by atoms with Crippen LogP contribution < -0.4 is 0 Å². The second kappa shape index (κ2) is 3.86. The molecule has 0 spiro atoms. The number of nitrogens with zero attached hydrogens (tertiary/aromatic N) is 1. The summed E-state index contributed by atoms with van der Waals surface area (Å²) in [5.41, 5.74) is 0. The van der Waals surface area contributed by atoms with E-state index in [9.17, 15) is 0 Å². The molecule has 0 saturated carbocycles. The molecular weight excluding hydrogens is 202 g/mol. The number of benzene rings is 1. The van der Waals surface area contributed by atoms with Crippen molar-refractivity contribution in [1.82, 2.24) is 4.98 Å². The van der Waals surface area contributed by atoms with Crippen molar-refractivity contribution in [2.75, 3.05) is 0 Å². The van der Waals surface area contributed by atoms with E-state index >= 15 is 0 Å². The van der Waals surface area contributed by atoms with E-state index in [-0.39, 0.29) is 4.75 Å². The predicted molar refractivity (Wildman–Crippen MR) is 67.4 cm³/mol. The lowest BCUT2D eigenvalue weighted by atomic mass is 10.2. The van der Waals surface area contributed by atoms with Gasteiger partial charge in [0.05, 0.1) is 0 Å². The van der Waals surface area contributed by atoms with Crippen LogP contribution in [0.1, 0.15) is 20.8 Å². The molecular formula is C13H15NS. The van der Waals surface area contributed by atoms with Crippen LogP contribution in [0.25, 0.3) is 10.8 Å². The van der Waals surface area contributed by atoms with E-state index in [0.29, 0.717) is 0 Å². The monoisotopic (exact) mass is 217 g/mol. The second-order valence-corrected chi connectivity index (χ2v) is 6.37. The first-order valence-corrected chi connectivity index (χ1v) is 5.91. The van der Waals surface area contributed by atoms with Gasteiger partial charge in [0.1, 0.15) is 5.03 Å². The molecule has 0 saturated heterocycles. The standard InChI is InChI=1S/C13H15NS/c1-13(2,3)15-12-11-7-5-4-6-10(11)8-9-14-12/h4-9H,1-3H3. The summed E-state index contributed by atoms with van der Waals surface area (Å²) in [7, 11) is 0. The Balaban J connectivity index is 2.52. The summed E-state index contributed by atoms with van der Waals surface area (Å²) in [4.78, 5) is 4.46. The van der Waals surface area contributed by atoms with Gasteiger partial charge in [0.15, 0.2) is 0 Å². The molecule has 0 bridgehead atoms. The molecule has 0 aliphatic heterocycles.